The number of benzene rings is 2. The molecule has 30 heavy (non-hydrogen) atoms. The van der Waals surface area contributed by atoms with Crippen molar-refractivity contribution in [3.63, 3.8) is 0 Å². The van der Waals surface area contributed by atoms with Crippen LogP contribution in [0.1, 0.15) is 36.0 Å². The first-order chi connectivity index (χ1) is 14.7. The topological polar surface area (TPSA) is 34.2 Å². The molecule has 1 heterocycles. The molecule has 0 atom stereocenters. The quantitative estimate of drug-likeness (QED) is 0.485. The van der Waals surface area contributed by atoms with Crippen LogP contribution in [0.15, 0.2) is 42.5 Å². The molecule has 0 aromatic heterocycles. The molecular formula is C25H36N2O3. The van der Waals surface area contributed by atoms with Crippen LogP contribution >= 0.6 is 0 Å². The van der Waals surface area contributed by atoms with Gasteiger partial charge >= 0.3 is 0 Å². The monoisotopic (exact) mass is 412 g/mol. The number of ether oxygens (including phenoxy) is 3. The third-order valence-corrected chi connectivity index (χ3v) is 5.71. The summed E-state index contributed by atoms with van der Waals surface area (Å²) in [6.07, 6.45) is 3.61. The minimum Gasteiger partial charge on any atom is -0.497 e. The van der Waals surface area contributed by atoms with Gasteiger partial charge in [-0.15, -0.1) is 0 Å². The third kappa shape index (κ3) is 6.73. The second kappa shape index (κ2) is 11.9. The second-order valence-electron chi connectivity index (χ2n) is 8.04. The van der Waals surface area contributed by atoms with Crippen LogP contribution in [0.2, 0.25) is 0 Å². The van der Waals surface area contributed by atoms with E-state index in [0.717, 1.165) is 50.7 Å². The second-order valence-corrected chi connectivity index (χ2v) is 8.04. The standard InChI is InChI=1S/C25H36N2O3/c1-28-15-7-14-27(18-21-8-6-9-24(17-21)29-2)19-22-10-11-25(30-3)23(16-22)20-26-12-4-5-13-26/h6,8-11,16-17H,4-5,7,12-15,18-20H2,1-3H3. The SMILES string of the molecule is COCCCN(Cc1cccc(OC)c1)Cc1ccc(OC)c(CN2CCCC2)c1. The van der Waals surface area contributed by atoms with E-state index in [1.165, 1.54) is 42.6 Å². The lowest BCUT2D eigenvalue weighted by molar-refractivity contribution is 0.166. The summed E-state index contributed by atoms with van der Waals surface area (Å²) in [5, 5.41) is 0. The lowest BCUT2D eigenvalue weighted by Gasteiger charge is -2.24. The van der Waals surface area contributed by atoms with Crippen LogP contribution in [0.3, 0.4) is 0 Å². The number of rotatable bonds is 12. The van der Waals surface area contributed by atoms with Crippen LogP contribution in [0, 0.1) is 0 Å². The molecule has 0 bridgehead atoms. The van der Waals surface area contributed by atoms with Crippen LogP contribution < -0.4 is 9.47 Å². The molecule has 5 heteroatoms. The van der Waals surface area contributed by atoms with Crippen molar-refractivity contribution in [2.24, 2.45) is 0 Å². The average molecular weight is 413 g/mol. The summed E-state index contributed by atoms with van der Waals surface area (Å²) < 4.78 is 16.3. The molecule has 2 aromatic carbocycles. The van der Waals surface area contributed by atoms with Gasteiger partial charge in [-0.3, -0.25) is 9.80 Å². The Balaban J connectivity index is 1.73. The Morgan fingerprint density at radius 3 is 2.37 bits per heavy atom. The van der Waals surface area contributed by atoms with Crippen molar-refractivity contribution in [2.75, 3.05) is 47.6 Å². The Kier molecular flexibility index (Phi) is 9.00. The Morgan fingerprint density at radius 1 is 0.900 bits per heavy atom. The largest absolute Gasteiger partial charge is 0.497 e. The summed E-state index contributed by atoms with van der Waals surface area (Å²) in [5.74, 6) is 1.89. The zero-order valence-electron chi connectivity index (χ0n) is 18.7. The van der Waals surface area contributed by atoms with Crippen molar-refractivity contribution in [2.45, 2.75) is 38.9 Å². The zero-order chi connectivity index (χ0) is 21.2. The molecule has 1 aliphatic heterocycles. The highest BCUT2D eigenvalue weighted by atomic mass is 16.5. The molecule has 164 valence electrons. The Hall–Kier alpha value is -2.08. The summed E-state index contributed by atoms with van der Waals surface area (Å²) >= 11 is 0. The molecule has 3 rings (SSSR count). The molecule has 0 amide bonds. The minimum absolute atomic E-state index is 0.775. The highest BCUT2D eigenvalue weighted by Gasteiger charge is 2.16. The van der Waals surface area contributed by atoms with Crippen LogP contribution in [-0.4, -0.2) is 57.4 Å². The lowest BCUT2D eigenvalue weighted by atomic mass is 10.1. The van der Waals surface area contributed by atoms with Crippen molar-refractivity contribution < 1.29 is 14.2 Å². The van der Waals surface area contributed by atoms with Gasteiger partial charge in [-0.2, -0.15) is 0 Å². The molecule has 0 spiro atoms. The molecule has 2 aromatic rings. The van der Waals surface area contributed by atoms with Crippen LogP contribution in [0.25, 0.3) is 0 Å². The fraction of sp³-hybridized carbons (Fsp3) is 0.520. The summed E-state index contributed by atoms with van der Waals surface area (Å²) in [6.45, 7) is 6.89. The van der Waals surface area contributed by atoms with Crippen molar-refractivity contribution in [1.29, 1.82) is 0 Å². The van der Waals surface area contributed by atoms with Crippen molar-refractivity contribution in [3.05, 3.63) is 59.2 Å². The Bertz CT molecular complexity index is 775. The van der Waals surface area contributed by atoms with E-state index in [0.29, 0.717) is 0 Å². The van der Waals surface area contributed by atoms with E-state index < -0.39 is 0 Å². The lowest BCUT2D eigenvalue weighted by Crippen LogP contribution is -2.25. The summed E-state index contributed by atoms with van der Waals surface area (Å²) in [4.78, 5) is 5.00. The van der Waals surface area contributed by atoms with Gasteiger partial charge in [0.05, 0.1) is 14.2 Å². The number of methoxy groups -OCH3 is 3. The molecule has 0 radical (unpaired) electrons. The van der Waals surface area contributed by atoms with Gasteiger partial charge in [-0.05, 0) is 67.7 Å². The zero-order valence-corrected chi connectivity index (χ0v) is 18.7. The number of hydrogen-bond acceptors (Lipinski definition) is 5. The highest BCUT2D eigenvalue weighted by molar-refractivity contribution is 5.37. The molecule has 0 aliphatic carbocycles. The van der Waals surface area contributed by atoms with Crippen LogP contribution in [-0.2, 0) is 24.4 Å². The van der Waals surface area contributed by atoms with Crippen molar-refractivity contribution in [3.8, 4) is 11.5 Å². The van der Waals surface area contributed by atoms with Gasteiger partial charge in [-0.25, -0.2) is 0 Å². The van der Waals surface area contributed by atoms with Crippen molar-refractivity contribution >= 4 is 0 Å². The fourth-order valence-corrected chi connectivity index (χ4v) is 4.17. The Morgan fingerprint density at radius 2 is 1.67 bits per heavy atom. The van der Waals surface area contributed by atoms with E-state index in [1.54, 1.807) is 21.3 Å². The maximum Gasteiger partial charge on any atom is 0.123 e. The maximum absolute atomic E-state index is 5.65. The van der Waals surface area contributed by atoms with Gasteiger partial charge in [0.25, 0.3) is 0 Å². The van der Waals surface area contributed by atoms with E-state index in [2.05, 4.69) is 46.2 Å². The predicted octanol–water partition coefficient (Wildman–Crippen LogP) is 4.34. The van der Waals surface area contributed by atoms with Crippen LogP contribution in [0.4, 0.5) is 0 Å². The number of likely N-dealkylation sites (tertiary alicyclic amines) is 1. The smallest absolute Gasteiger partial charge is 0.123 e. The van der Waals surface area contributed by atoms with E-state index in [1.807, 2.05) is 6.07 Å². The number of hydrogen-bond donors (Lipinski definition) is 0. The van der Waals surface area contributed by atoms with Gasteiger partial charge < -0.3 is 14.2 Å². The average Bonchev–Trinajstić information content (AvgIpc) is 3.27. The van der Waals surface area contributed by atoms with Gasteiger partial charge in [-0.1, -0.05) is 18.2 Å². The van der Waals surface area contributed by atoms with E-state index in [4.69, 9.17) is 14.2 Å². The van der Waals surface area contributed by atoms with Gasteiger partial charge in [0, 0.05) is 45.5 Å². The van der Waals surface area contributed by atoms with Crippen molar-refractivity contribution in [1.82, 2.24) is 9.80 Å². The molecular weight excluding hydrogens is 376 g/mol. The maximum atomic E-state index is 5.65. The van der Waals surface area contributed by atoms with E-state index in [9.17, 15) is 0 Å². The molecule has 0 N–H and O–H groups in total. The first-order valence-electron chi connectivity index (χ1n) is 10.9. The Labute approximate surface area is 181 Å². The van der Waals surface area contributed by atoms with Crippen LogP contribution in [0.5, 0.6) is 11.5 Å². The summed E-state index contributed by atoms with van der Waals surface area (Å²) in [7, 11) is 5.25. The molecule has 1 fully saturated rings. The minimum atomic E-state index is 0.775. The normalized spacial score (nSPS) is 14.4. The first-order valence-corrected chi connectivity index (χ1v) is 10.9. The van der Waals surface area contributed by atoms with Gasteiger partial charge in [0.1, 0.15) is 11.5 Å². The first kappa shape index (κ1) is 22.6. The highest BCUT2D eigenvalue weighted by Crippen LogP contribution is 2.25. The summed E-state index contributed by atoms with van der Waals surface area (Å²) in [5.41, 5.74) is 3.87. The summed E-state index contributed by atoms with van der Waals surface area (Å²) in [6, 6.07) is 15.0. The van der Waals surface area contributed by atoms with E-state index >= 15 is 0 Å². The molecule has 1 aliphatic rings. The van der Waals surface area contributed by atoms with E-state index in [-0.39, 0.29) is 0 Å². The molecule has 5 nitrogen and oxygen atoms in total. The van der Waals surface area contributed by atoms with Gasteiger partial charge in [0.15, 0.2) is 0 Å². The third-order valence-electron chi connectivity index (χ3n) is 5.71. The fourth-order valence-electron chi connectivity index (χ4n) is 4.17. The molecule has 1 saturated heterocycles. The molecule has 0 saturated carbocycles. The van der Waals surface area contributed by atoms with Gasteiger partial charge in [0.2, 0.25) is 0 Å². The predicted molar refractivity (Wildman–Crippen MR) is 121 cm³/mol. The number of nitrogens with zero attached hydrogens (tertiary/aromatic N) is 2. The molecule has 0 unspecified atom stereocenters.